The number of fused-ring (bicyclic) bond motifs is 2. The van der Waals surface area contributed by atoms with Crippen molar-refractivity contribution >= 4 is 50.3 Å². The van der Waals surface area contributed by atoms with Crippen LogP contribution in [-0.2, 0) is 10.5 Å². The molecule has 1 aromatic carbocycles. The van der Waals surface area contributed by atoms with Gasteiger partial charge in [-0.25, -0.2) is 14.8 Å². The predicted molar refractivity (Wildman–Crippen MR) is 99.1 cm³/mol. The van der Waals surface area contributed by atoms with E-state index in [1.165, 1.54) is 0 Å². The van der Waals surface area contributed by atoms with Crippen molar-refractivity contribution in [2.75, 3.05) is 6.61 Å². The first kappa shape index (κ1) is 16.1. The summed E-state index contributed by atoms with van der Waals surface area (Å²) in [5.74, 6) is 0.400. The standard InChI is InChI=1S/C18H14N2O3S2/c1-2-22-18(21)15-13(11-5-3-4-6-14(11)23-15)9-25-17-12-7-8-24-16(12)19-10-20-17/h3-8,10H,2,9H2,1H3. The van der Waals surface area contributed by atoms with Crippen LogP contribution in [0.2, 0.25) is 0 Å². The number of thioether (sulfide) groups is 1. The predicted octanol–water partition coefficient (Wildman–Crippen LogP) is 4.91. The molecule has 0 aliphatic heterocycles. The van der Waals surface area contributed by atoms with Gasteiger partial charge in [0.2, 0.25) is 5.76 Å². The molecule has 0 saturated carbocycles. The topological polar surface area (TPSA) is 65.2 Å². The van der Waals surface area contributed by atoms with Crippen LogP contribution >= 0.6 is 23.1 Å². The number of furan rings is 1. The number of ether oxygens (including phenoxy) is 1. The fraction of sp³-hybridized carbons (Fsp3) is 0.167. The summed E-state index contributed by atoms with van der Waals surface area (Å²) in [5, 5.41) is 4.85. The second-order valence-corrected chi connectivity index (χ2v) is 7.09. The van der Waals surface area contributed by atoms with Gasteiger partial charge in [0.1, 0.15) is 21.8 Å². The maximum absolute atomic E-state index is 12.3. The number of hydrogen-bond acceptors (Lipinski definition) is 7. The first-order chi connectivity index (χ1) is 12.3. The Morgan fingerprint density at radius 3 is 3.00 bits per heavy atom. The Morgan fingerprint density at radius 2 is 2.12 bits per heavy atom. The summed E-state index contributed by atoms with van der Waals surface area (Å²) in [6.45, 7) is 2.09. The van der Waals surface area contributed by atoms with E-state index in [2.05, 4.69) is 9.97 Å². The number of para-hydroxylation sites is 1. The molecule has 0 radical (unpaired) electrons. The minimum atomic E-state index is -0.433. The summed E-state index contributed by atoms with van der Waals surface area (Å²) in [4.78, 5) is 21.9. The van der Waals surface area contributed by atoms with Gasteiger partial charge in [-0.2, -0.15) is 0 Å². The van der Waals surface area contributed by atoms with Crippen LogP contribution in [0.15, 0.2) is 51.5 Å². The molecule has 25 heavy (non-hydrogen) atoms. The van der Waals surface area contributed by atoms with E-state index in [1.54, 1.807) is 36.3 Å². The molecule has 3 heterocycles. The summed E-state index contributed by atoms with van der Waals surface area (Å²) in [6.07, 6.45) is 1.57. The van der Waals surface area contributed by atoms with Crippen LogP contribution in [0.5, 0.6) is 0 Å². The molecule has 0 fully saturated rings. The van der Waals surface area contributed by atoms with E-state index in [1.807, 2.05) is 35.7 Å². The van der Waals surface area contributed by atoms with Crippen LogP contribution < -0.4 is 0 Å². The highest BCUT2D eigenvalue weighted by atomic mass is 32.2. The Bertz CT molecular complexity index is 1050. The lowest BCUT2D eigenvalue weighted by Gasteiger charge is -2.04. The average Bonchev–Trinajstić information content (AvgIpc) is 3.25. The third-order valence-corrected chi connectivity index (χ3v) is 5.59. The van der Waals surface area contributed by atoms with Gasteiger partial charge >= 0.3 is 5.97 Å². The summed E-state index contributed by atoms with van der Waals surface area (Å²) in [7, 11) is 0. The highest BCUT2D eigenvalue weighted by molar-refractivity contribution is 7.98. The monoisotopic (exact) mass is 370 g/mol. The highest BCUT2D eigenvalue weighted by Gasteiger charge is 2.22. The minimum absolute atomic E-state index is 0.270. The third kappa shape index (κ3) is 3.01. The SMILES string of the molecule is CCOC(=O)c1oc2ccccc2c1CSc1ncnc2sccc12. The van der Waals surface area contributed by atoms with E-state index < -0.39 is 5.97 Å². The third-order valence-electron chi connectivity index (χ3n) is 3.74. The van der Waals surface area contributed by atoms with Crippen LogP contribution in [-0.4, -0.2) is 22.5 Å². The van der Waals surface area contributed by atoms with Crippen molar-refractivity contribution in [3.63, 3.8) is 0 Å². The van der Waals surface area contributed by atoms with Crippen LogP contribution in [0, 0.1) is 0 Å². The van der Waals surface area contributed by atoms with Gasteiger partial charge in [0.05, 0.1) is 6.61 Å². The largest absolute Gasteiger partial charge is 0.460 e. The molecule has 0 saturated heterocycles. The van der Waals surface area contributed by atoms with Crippen LogP contribution in [0.4, 0.5) is 0 Å². The minimum Gasteiger partial charge on any atom is -0.460 e. The molecule has 3 aromatic heterocycles. The Balaban J connectivity index is 1.71. The maximum atomic E-state index is 12.3. The van der Waals surface area contributed by atoms with Gasteiger partial charge in [-0.3, -0.25) is 0 Å². The average molecular weight is 370 g/mol. The zero-order valence-electron chi connectivity index (χ0n) is 13.4. The van der Waals surface area contributed by atoms with Crippen LogP contribution in [0.25, 0.3) is 21.2 Å². The lowest BCUT2D eigenvalue weighted by Crippen LogP contribution is -2.05. The van der Waals surface area contributed by atoms with Crippen molar-refractivity contribution < 1.29 is 13.9 Å². The molecule has 0 N–H and O–H groups in total. The Labute approximate surface area is 152 Å². The quantitative estimate of drug-likeness (QED) is 0.283. The van der Waals surface area contributed by atoms with E-state index in [0.717, 1.165) is 26.2 Å². The fourth-order valence-corrected chi connectivity index (χ4v) is 4.43. The van der Waals surface area contributed by atoms with Gasteiger partial charge in [-0.15, -0.1) is 23.1 Å². The molecule has 126 valence electrons. The van der Waals surface area contributed by atoms with Crippen molar-refractivity contribution in [1.29, 1.82) is 0 Å². The van der Waals surface area contributed by atoms with E-state index in [4.69, 9.17) is 9.15 Å². The van der Waals surface area contributed by atoms with Crippen molar-refractivity contribution in [3.05, 3.63) is 53.4 Å². The smallest absolute Gasteiger partial charge is 0.374 e. The van der Waals surface area contributed by atoms with E-state index in [0.29, 0.717) is 17.9 Å². The number of aromatic nitrogens is 2. The van der Waals surface area contributed by atoms with Gasteiger partial charge in [0, 0.05) is 22.1 Å². The molecule has 0 aliphatic carbocycles. The molecule has 0 bridgehead atoms. The van der Waals surface area contributed by atoms with E-state index in [9.17, 15) is 4.79 Å². The second kappa shape index (κ2) is 6.85. The zero-order chi connectivity index (χ0) is 17.2. The van der Waals surface area contributed by atoms with Gasteiger partial charge in [0.25, 0.3) is 0 Å². The summed E-state index contributed by atoms with van der Waals surface area (Å²) >= 11 is 3.15. The van der Waals surface area contributed by atoms with Crippen molar-refractivity contribution in [1.82, 2.24) is 9.97 Å². The van der Waals surface area contributed by atoms with Crippen LogP contribution in [0.1, 0.15) is 23.0 Å². The van der Waals surface area contributed by atoms with E-state index >= 15 is 0 Å². The highest BCUT2D eigenvalue weighted by Crippen LogP contribution is 2.34. The summed E-state index contributed by atoms with van der Waals surface area (Å²) in [6, 6.07) is 9.65. The summed E-state index contributed by atoms with van der Waals surface area (Å²) < 4.78 is 10.9. The lowest BCUT2D eigenvalue weighted by molar-refractivity contribution is 0.0491. The number of nitrogens with zero attached hydrogens (tertiary/aromatic N) is 2. The van der Waals surface area contributed by atoms with Gasteiger partial charge in [0.15, 0.2) is 0 Å². The second-order valence-electron chi connectivity index (χ2n) is 5.23. The number of hydrogen-bond donors (Lipinski definition) is 0. The summed E-state index contributed by atoms with van der Waals surface area (Å²) in [5.41, 5.74) is 1.52. The molecule has 5 nitrogen and oxygen atoms in total. The molecule has 4 rings (SSSR count). The molecule has 0 spiro atoms. The number of carbonyl (C=O) groups is 1. The van der Waals surface area contributed by atoms with Crippen molar-refractivity contribution in [3.8, 4) is 0 Å². The van der Waals surface area contributed by atoms with E-state index in [-0.39, 0.29) is 5.76 Å². The Hall–Kier alpha value is -2.38. The van der Waals surface area contributed by atoms with Gasteiger partial charge < -0.3 is 9.15 Å². The molecule has 0 aliphatic rings. The van der Waals surface area contributed by atoms with Gasteiger partial charge in [-0.05, 0) is 24.4 Å². The fourth-order valence-electron chi connectivity index (χ4n) is 2.63. The number of esters is 1. The van der Waals surface area contributed by atoms with Crippen LogP contribution in [0.3, 0.4) is 0 Å². The number of carbonyl (C=O) groups excluding carboxylic acids is 1. The van der Waals surface area contributed by atoms with Gasteiger partial charge in [-0.1, -0.05) is 18.2 Å². The molecule has 4 aromatic rings. The Kier molecular flexibility index (Phi) is 4.42. The Morgan fingerprint density at radius 1 is 1.24 bits per heavy atom. The molecule has 7 heteroatoms. The molecule has 0 unspecified atom stereocenters. The number of thiophene rings is 1. The number of benzene rings is 1. The lowest BCUT2D eigenvalue weighted by atomic mass is 10.1. The first-order valence-electron chi connectivity index (χ1n) is 7.76. The zero-order valence-corrected chi connectivity index (χ0v) is 15.0. The molecule has 0 atom stereocenters. The first-order valence-corrected chi connectivity index (χ1v) is 9.63. The number of rotatable bonds is 5. The van der Waals surface area contributed by atoms with Crippen molar-refractivity contribution in [2.45, 2.75) is 17.7 Å². The maximum Gasteiger partial charge on any atom is 0.374 e. The molecule has 0 amide bonds. The molecular formula is C18H14N2O3S2. The normalized spacial score (nSPS) is 11.2. The van der Waals surface area contributed by atoms with Crippen molar-refractivity contribution in [2.24, 2.45) is 0 Å². The molecular weight excluding hydrogens is 356 g/mol.